The van der Waals surface area contributed by atoms with Gasteiger partial charge in [0, 0.05) is 25.7 Å². The van der Waals surface area contributed by atoms with Gasteiger partial charge in [0.05, 0.1) is 0 Å². The van der Waals surface area contributed by atoms with Crippen LogP contribution in [0.15, 0.2) is 0 Å². The van der Waals surface area contributed by atoms with Crippen LogP contribution in [-0.2, 0) is 4.79 Å². The van der Waals surface area contributed by atoms with Crippen molar-refractivity contribution in [1.82, 2.24) is 4.90 Å². The van der Waals surface area contributed by atoms with Crippen molar-refractivity contribution in [2.24, 2.45) is 5.73 Å². The van der Waals surface area contributed by atoms with Gasteiger partial charge < -0.3 is 15.9 Å². The molecule has 4 N–H and O–H groups in total. The van der Waals surface area contributed by atoms with Crippen LogP contribution in [0.2, 0.25) is 0 Å². The lowest BCUT2D eigenvalue weighted by Gasteiger charge is -2.39. The zero-order valence-corrected chi connectivity index (χ0v) is 7.03. The Balaban J connectivity index is 2.35. The van der Waals surface area contributed by atoms with E-state index in [2.05, 4.69) is 0 Å². The molecule has 1 atom stereocenters. The van der Waals surface area contributed by atoms with Crippen molar-refractivity contribution in [2.75, 3.05) is 19.6 Å². The lowest BCUT2D eigenvalue weighted by Crippen LogP contribution is -2.60. The van der Waals surface area contributed by atoms with Crippen molar-refractivity contribution in [3.05, 3.63) is 0 Å². The van der Waals surface area contributed by atoms with Crippen molar-refractivity contribution in [1.29, 1.82) is 0 Å². The van der Waals surface area contributed by atoms with Gasteiger partial charge in [-0.05, 0) is 6.92 Å². The Morgan fingerprint density at radius 3 is 2.58 bits per heavy atom. The standard InChI is InChI=1S/C7H14N2O3/c1-7(12,6(10)11)4-9-2-5(8)3-9/h5,12H,2-4,8H2,1H3,(H,10,11). The Kier molecular flexibility index (Phi) is 2.36. The highest BCUT2D eigenvalue weighted by Gasteiger charge is 2.36. The Bertz CT molecular complexity index is 187. The molecule has 0 bridgehead atoms. The number of carbonyl (C=O) groups is 1. The summed E-state index contributed by atoms with van der Waals surface area (Å²) in [7, 11) is 0. The van der Waals surface area contributed by atoms with Crippen LogP contribution in [0.25, 0.3) is 0 Å². The fourth-order valence-corrected chi connectivity index (χ4v) is 1.24. The van der Waals surface area contributed by atoms with Crippen LogP contribution in [0.1, 0.15) is 6.92 Å². The molecule has 5 nitrogen and oxygen atoms in total. The van der Waals surface area contributed by atoms with E-state index in [1.165, 1.54) is 6.92 Å². The first-order valence-corrected chi connectivity index (χ1v) is 3.85. The minimum absolute atomic E-state index is 0.134. The van der Waals surface area contributed by atoms with Crippen LogP contribution in [0.3, 0.4) is 0 Å². The second kappa shape index (κ2) is 3.01. The molecule has 70 valence electrons. The molecule has 5 heteroatoms. The number of hydrogen-bond acceptors (Lipinski definition) is 4. The maximum absolute atomic E-state index is 10.5. The van der Waals surface area contributed by atoms with Crippen LogP contribution in [0.5, 0.6) is 0 Å². The van der Waals surface area contributed by atoms with E-state index in [1.807, 2.05) is 4.90 Å². The van der Waals surface area contributed by atoms with E-state index < -0.39 is 11.6 Å². The summed E-state index contributed by atoms with van der Waals surface area (Å²) in [5.74, 6) is -1.19. The van der Waals surface area contributed by atoms with Gasteiger partial charge in [-0.2, -0.15) is 0 Å². The Morgan fingerprint density at radius 2 is 2.25 bits per heavy atom. The highest BCUT2D eigenvalue weighted by molar-refractivity contribution is 5.76. The van der Waals surface area contributed by atoms with E-state index >= 15 is 0 Å². The van der Waals surface area contributed by atoms with E-state index in [-0.39, 0.29) is 12.6 Å². The third kappa shape index (κ3) is 1.94. The Hall–Kier alpha value is -0.650. The quantitative estimate of drug-likeness (QED) is 0.483. The van der Waals surface area contributed by atoms with Gasteiger partial charge in [0.25, 0.3) is 0 Å². The number of rotatable bonds is 3. The molecule has 1 rings (SSSR count). The highest BCUT2D eigenvalue weighted by Crippen LogP contribution is 2.12. The molecule has 1 saturated heterocycles. The topological polar surface area (TPSA) is 86.8 Å². The second-order valence-electron chi connectivity index (χ2n) is 3.53. The molecule has 1 aliphatic rings. The summed E-state index contributed by atoms with van der Waals surface area (Å²) >= 11 is 0. The molecule has 0 saturated carbocycles. The third-order valence-corrected chi connectivity index (χ3v) is 1.98. The molecule has 0 spiro atoms. The average molecular weight is 174 g/mol. The van der Waals surface area contributed by atoms with E-state index in [4.69, 9.17) is 10.8 Å². The molecule has 0 radical (unpaired) electrons. The smallest absolute Gasteiger partial charge is 0.336 e. The Labute approximate surface area is 70.8 Å². The maximum Gasteiger partial charge on any atom is 0.336 e. The van der Waals surface area contributed by atoms with Crippen molar-refractivity contribution >= 4 is 5.97 Å². The van der Waals surface area contributed by atoms with Crippen LogP contribution in [0.4, 0.5) is 0 Å². The first-order chi connectivity index (χ1) is 5.42. The third-order valence-electron chi connectivity index (χ3n) is 1.98. The normalized spacial score (nSPS) is 24.6. The molecule has 0 amide bonds. The summed E-state index contributed by atoms with van der Waals surface area (Å²) in [6.45, 7) is 2.78. The molecule has 1 unspecified atom stereocenters. The van der Waals surface area contributed by atoms with E-state index in [1.54, 1.807) is 0 Å². The summed E-state index contributed by atoms with van der Waals surface area (Å²) < 4.78 is 0. The largest absolute Gasteiger partial charge is 0.479 e. The SMILES string of the molecule is CC(O)(CN1CC(N)C1)C(=O)O. The number of nitrogens with two attached hydrogens (primary N) is 1. The second-order valence-corrected chi connectivity index (χ2v) is 3.53. The fourth-order valence-electron chi connectivity index (χ4n) is 1.24. The van der Waals surface area contributed by atoms with Gasteiger partial charge in [0.1, 0.15) is 0 Å². The van der Waals surface area contributed by atoms with Gasteiger partial charge in [-0.25, -0.2) is 4.79 Å². The maximum atomic E-state index is 10.5. The van der Waals surface area contributed by atoms with Gasteiger partial charge in [-0.15, -0.1) is 0 Å². The number of nitrogens with zero attached hydrogens (tertiary/aromatic N) is 1. The van der Waals surface area contributed by atoms with Gasteiger partial charge >= 0.3 is 5.97 Å². The van der Waals surface area contributed by atoms with Crippen molar-refractivity contribution in [3.8, 4) is 0 Å². The summed E-state index contributed by atoms with van der Waals surface area (Å²) in [5.41, 5.74) is 3.84. The monoisotopic (exact) mass is 174 g/mol. The highest BCUT2D eigenvalue weighted by atomic mass is 16.4. The molecule has 1 heterocycles. The first kappa shape index (κ1) is 9.44. The van der Waals surface area contributed by atoms with Gasteiger partial charge in [0.15, 0.2) is 5.60 Å². The zero-order chi connectivity index (χ0) is 9.35. The van der Waals surface area contributed by atoms with E-state index in [9.17, 15) is 9.90 Å². The molecule has 1 aliphatic heterocycles. The van der Waals surface area contributed by atoms with Gasteiger partial charge in [0.2, 0.25) is 0 Å². The molecule has 12 heavy (non-hydrogen) atoms. The molecule has 0 aromatic carbocycles. The van der Waals surface area contributed by atoms with Crippen molar-refractivity contribution in [2.45, 2.75) is 18.6 Å². The molecule has 0 aromatic rings. The number of aliphatic carboxylic acids is 1. The summed E-state index contributed by atoms with van der Waals surface area (Å²) in [5, 5.41) is 17.9. The number of carboxylic acid groups (broad SMARTS) is 1. The van der Waals surface area contributed by atoms with Crippen molar-refractivity contribution in [3.63, 3.8) is 0 Å². The van der Waals surface area contributed by atoms with Crippen LogP contribution in [-0.4, -0.2) is 52.4 Å². The number of aliphatic hydroxyl groups is 1. The summed E-state index contributed by atoms with van der Waals surface area (Å²) in [6.07, 6.45) is 0. The molecule has 0 aliphatic carbocycles. The summed E-state index contributed by atoms with van der Waals surface area (Å²) in [4.78, 5) is 12.3. The predicted molar refractivity (Wildman–Crippen MR) is 42.7 cm³/mol. The minimum atomic E-state index is -1.65. The number of hydrogen-bond donors (Lipinski definition) is 3. The van der Waals surface area contributed by atoms with Gasteiger partial charge in [-0.3, -0.25) is 4.90 Å². The van der Waals surface area contributed by atoms with Gasteiger partial charge in [-0.1, -0.05) is 0 Å². The lowest BCUT2D eigenvalue weighted by molar-refractivity contribution is -0.159. The van der Waals surface area contributed by atoms with Crippen LogP contribution in [0, 0.1) is 0 Å². The molecule has 1 fully saturated rings. The predicted octanol–water partition coefficient (Wildman–Crippen LogP) is -1.54. The average Bonchev–Trinajstić information content (AvgIpc) is 1.83. The lowest BCUT2D eigenvalue weighted by atomic mass is 10.0. The first-order valence-electron chi connectivity index (χ1n) is 3.85. The number of carboxylic acids is 1. The number of β-amino-alcohol motifs (C(OH)–C–C–N with tert-alkyl or cyclic N) is 1. The molecular weight excluding hydrogens is 160 g/mol. The fraction of sp³-hybridized carbons (Fsp3) is 0.857. The van der Waals surface area contributed by atoms with Crippen molar-refractivity contribution < 1.29 is 15.0 Å². The molecular formula is C7H14N2O3. The number of likely N-dealkylation sites (tertiary alicyclic amines) is 1. The van der Waals surface area contributed by atoms with Crippen LogP contribution < -0.4 is 5.73 Å². The van der Waals surface area contributed by atoms with E-state index in [0.717, 1.165) is 0 Å². The molecule has 0 aromatic heterocycles. The minimum Gasteiger partial charge on any atom is -0.479 e. The van der Waals surface area contributed by atoms with Crippen LogP contribution >= 0.6 is 0 Å². The van der Waals surface area contributed by atoms with E-state index in [0.29, 0.717) is 13.1 Å². The zero-order valence-electron chi connectivity index (χ0n) is 7.03. The Morgan fingerprint density at radius 1 is 1.75 bits per heavy atom. The summed E-state index contributed by atoms with van der Waals surface area (Å²) in [6, 6.07) is 0.134.